The molecule has 0 atom stereocenters. The predicted octanol–water partition coefficient (Wildman–Crippen LogP) is 5.36. The minimum atomic E-state index is -0.395. The highest BCUT2D eigenvalue weighted by Gasteiger charge is 2.21. The standard InChI is InChI=1S/C23H19FN2O2S/c1-16-10-12-18(13-11-16)28-15-21(27)26(14-17-6-3-2-4-7-17)23-25-22-19(24)8-5-9-20(22)29-23/h2-13H,14-15H2,1H3. The molecule has 0 saturated heterocycles. The van der Waals surface area contributed by atoms with Gasteiger partial charge in [-0.1, -0.05) is 65.4 Å². The summed E-state index contributed by atoms with van der Waals surface area (Å²) in [7, 11) is 0. The van der Waals surface area contributed by atoms with E-state index in [4.69, 9.17) is 4.74 Å². The zero-order chi connectivity index (χ0) is 20.2. The van der Waals surface area contributed by atoms with Gasteiger partial charge < -0.3 is 4.74 Å². The Kier molecular flexibility index (Phi) is 5.53. The van der Waals surface area contributed by atoms with E-state index in [1.807, 2.05) is 61.5 Å². The van der Waals surface area contributed by atoms with Crippen molar-refractivity contribution >= 4 is 32.6 Å². The fraction of sp³-hybridized carbons (Fsp3) is 0.130. The fourth-order valence-electron chi connectivity index (χ4n) is 2.90. The Morgan fingerprint density at radius 2 is 1.79 bits per heavy atom. The van der Waals surface area contributed by atoms with Crippen molar-refractivity contribution in [3.8, 4) is 5.75 Å². The van der Waals surface area contributed by atoms with Gasteiger partial charge in [0, 0.05) is 0 Å². The van der Waals surface area contributed by atoms with Crippen LogP contribution in [-0.4, -0.2) is 17.5 Å². The average molecular weight is 406 g/mol. The maximum atomic E-state index is 14.1. The molecule has 4 rings (SSSR count). The zero-order valence-electron chi connectivity index (χ0n) is 15.8. The monoisotopic (exact) mass is 406 g/mol. The van der Waals surface area contributed by atoms with Gasteiger partial charge in [0.15, 0.2) is 11.7 Å². The molecule has 0 saturated carbocycles. The molecule has 29 heavy (non-hydrogen) atoms. The van der Waals surface area contributed by atoms with Crippen molar-refractivity contribution in [2.45, 2.75) is 13.5 Å². The number of fused-ring (bicyclic) bond motifs is 1. The van der Waals surface area contributed by atoms with Crippen LogP contribution in [0.5, 0.6) is 5.75 Å². The number of carbonyl (C=O) groups excluding carboxylic acids is 1. The Hall–Kier alpha value is -3.25. The SMILES string of the molecule is Cc1ccc(OCC(=O)N(Cc2ccccc2)c2nc3c(F)cccc3s2)cc1. The Balaban J connectivity index is 1.60. The summed E-state index contributed by atoms with van der Waals surface area (Å²) in [6.45, 7) is 2.19. The molecule has 0 spiro atoms. The van der Waals surface area contributed by atoms with Crippen molar-refractivity contribution in [1.82, 2.24) is 4.98 Å². The first-order valence-corrected chi connectivity index (χ1v) is 10.0. The third-order valence-corrected chi connectivity index (χ3v) is 5.50. The number of aromatic nitrogens is 1. The largest absolute Gasteiger partial charge is 0.484 e. The van der Waals surface area contributed by atoms with Gasteiger partial charge in [-0.05, 0) is 36.8 Å². The Bertz CT molecular complexity index is 1130. The number of hydrogen-bond donors (Lipinski definition) is 0. The Labute approximate surface area is 172 Å². The molecule has 0 N–H and O–H groups in total. The molecular weight excluding hydrogens is 387 g/mol. The number of nitrogens with zero attached hydrogens (tertiary/aromatic N) is 2. The lowest BCUT2D eigenvalue weighted by Gasteiger charge is -2.20. The van der Waals surface area contributed by atoms with Crippen molar-refractivity contribution in [3.05, 3.63) is 89.7 Å². The van der Waals surface area contributed by atoms with E-state index < -0.39 is 5.82 Å². The van der Waals surface area contributed by atoms with Crippen LogP contribution in [0.25, 0.3) is 10.2 Å². The summed E-state index contributed by atoms with van der Waals surface area (Å²) in [5.74, 6) is -0.0131. The number of benzene rings is 3. The van der Waals surface area contributed by atoms with E-state index in [0.717, 1.165) is 11.1 Å². The van der Waals surface area contributed by atoms with Crippen LogP contribution in [0.3, 0.4) is 0 Å². The molecule has 0 aliphatic rings. The van der Waals surface area contributed by atoms with E-state index in [2.05, 4.69) is 4.98 Å². The molecule has 1 amide bonds. The number of halogens is 1. The van der Waals surface area contributed by atoms with Gasteiger partial charge in [0.1, 0.15) is 17.1 Å². The smallest absolute Gasteiger partial charge is 0.267 e. The van der Waals surface area contributed by atoms with Crippen LogP contribution < -0.4 is 9.64 Å². The maximum Gasteiger partial charge on any atom is 0.267 e. The van der Waals surface area contributed by atoms with E-state index in [1.165, 1.54) is 17.4 Å². The van der Waals surface area contributed by atoms with Crippen molar-refractivity contribution in [3.63, 3.8) is 0 Å². The summed E-state index contributed by atoms with van der Waals surface area (Å²) in [4.78, 5) is 19.0. The molecule has 0 radical (unpaired) electrons. The molecule has 0 aliphatic heterocycles. The summed E-state index contributed by atoms with van der Waals surface area (Å²) in [6.07, 6.45) is 0. The molecule has 4 aromatic rings. The minimum Gasteiger partial charge on any atom is -0.484 e. The van der Waals surface area contributed by atoms with Crippen LogP contribution >= 0.6 is 11.3 Å². The molecule has 0 fully saturated rings. The number of anilines is 1. The van der Waals surface area contributed by atoms with Crippen molar-refractivity contribution in [2.75, 3.05) is 11.5 Å². The van der Waals surface area contributed by atoms with E-state index in [1.54, 1.807) is 17.0 Å². The number of ether oxygens (including phenoxy) is 1. The second-order valence-electron chi connectivity index (χ2n) is 6.65. The first-order chi connectivity index (χ1) is 14.1. The van der Waals surface area contributed by atoms with Crippen molar-refractivity contribution in [2.24, 2.45) is 0 Å². The lowest BCUT2D eigenvalue weighted by molar-refractivity contribution is -0.120. The van der Waals surface area contributed by atoms with Gasteiger partial charge in [-0.25, -0.2) is 9.37 Å². The normalized spacial score (nSPS) is 10.8. The molecule has 0 unspecified atom stereocenters. The number of thiazole rings is 1. The fourth-order valence-corrected chi connectivity index (χ4v) is 3.90. The molecule has 0 aliphatic carbocycles. The van der Waals surface area contributed by atoms with E-state index in [-0.39, 0.29) is 18.0 Å². The van der Waals surface area contributed by atoms with E-state index in [0.29, 0.717) is 22.1 Å². The molecule has 4 nitrogen and oxygen atoms in total. The van der Waals surface area contributed by atoms with E-state index in [9.17, 15) is 9.18 Å². The summed E-state index contributed by atoms with van der Waals surface area (Å²) >= 11 is 1.29. The second-order valence-corrected chi connectivity index (χ2v) is 7.66. The summed E-state index contributed by atoms with van der Waals surface area (Å²) in [5.41, 5.74) is 2.35. The molecule has 146 valence electrons. The lowest BCUT2D eigenvalue weighted by Crippen LogP contribution is -2.34. The highest BCUT2D eigenvalue weighted by molar-refractivity contribution is 7.22. The van der Waals surface area contributed by atoms with Crippen LogP contribution in [0.15, 0.2) is 72.8 Å². The van der Waals surface area contributed by atoms with Crippen LogP contribution in [-0.2, 0) is 11.3 Å². The van der Waals surface area contributed by atoms with E-state index >= 15 is 0 Å². The highest BCUT2D eigenvalue weighted by Crippen LogP contribution is 2.31. The first kappa shape index (κ1) is 19.1. The number of rotatable bonds is 6. The average Bonchev–Trinajstić information content (AvgIpc) is 3.17. The van der Waals surface area contributed by atoms with Crippen LogP contribution in [0, 0.1) is 12.7 Å². The van der Waals surface area contributed by atoms with Gasteiger partial charge in [-0.3, -0.25) is 9.69 Å². The minimum absolute atomic E-state index is 0.131. The number of aryl methyl sites for hydroxylation is 1. The van der Waals surface area contributed by atoms with Gasteiger partial charge >= 0.3 is 0 Å². The molecule has 1 heterocycles. The molecule has 3 aromatic carbocycles. The quantitative estimate of drug-likeness (QED) is 0.433. The van der Waals surface area contributed by atoms with Crippen LogP contribution in [0.1, 0.15) is 11.1 Å². The highest BCUT2D eigenvalue weighted by atomic mass is 32.1. The number of carbonyl (C=O) groups is 1. The van der Waals surface area contributed by atoms with Gasteiger partial charge in [-0.2, -0.15) is 0 Å². The molecule has 0 bridgehead atoms. The zero-order valence-corrected chi connectivity index (χ0v) is 16.7. The first-order valence-electron chi connectivity index (χ1n) is 9.19. The number of para-hydroxylation sites is 1. The van der Waals surface area contributed by atoms with Gasteiger partial charge in [-0.15, -0.1) is 0 Å². The molecule has 6 heteroatoms. The second kappa shape index (κ2) is 8.41. The van der Waals surface area contributed by atoms with Crippen LogP contribution in [0.4, 0.5) is 9.52 Å². The summed E-state index contributed by atoms with van der Waals surface area (Å²) < 4.78 is 20.5. The Morgan fingerprint density at radius 3 is 2.52 bits per heavy atom. The lowest BCUT2D eigenvalue weighted by atomic mass is 10.2. The van der Waals surface area contributed by atoms with Crippen LogP contribution in [0.2, 0.25) is 0 Å². The van der Waals surface area contributed by atoms with Crippen molar-refractivity contribution in [1.29, 1.82) is 0 Å². The number of amides is 1. The predicted molar refractivity (Wildman–Crippen MR) is 114 cm³/mol. The topological polar surface area (TPSA) is 42.4 Å². The van der Waals surface area contributed by atoms with Gasteiger partial charge in [0.2, 0.25) is 0 Å². The number of hydrogen-bond acceptors (Lipinski definition) is 4. The van der Waals surface area contributed by atoms with Gasteiger partial charge in [0.05, 0.1) is 11.2 Å². The third-order valence-electron chi connectivity index (χ3n) is 4.46. The third kappa shape index (κ3) is 4.43. The van der Waals surface area contributed by atoms with Crippen molar-refractivity contribution < 1.29 is 13.9 Å². The maximum absolute atomic E-state index is 14.1. The summed E-state index contributed by atoms with van der Waals surface area (Å²) in [6, 6.07) is 22.0. The molecular formula is C23H19FN2O2S. The van der Waals surface area contributed by atoms with Gasteiger partial charge in [0.25, 0.3) is 5.91 Å². The Morgan fingerprint density at radius 1 is 1.03 bits per heavy atom. The molecule has 1 aromatic heterocycles. The summed E-state index contributed by atoms with van der Waals surface area (Å²) in [5, 5.41) is 0.450.